The number of aromatic nitrogens is 4. The highest BCUT2D eigenvalue weighted by atomic mass is 16.5. The lowest BCUT2D eigenvalue weighted by Crippen LogP contribution is -2.39. The van der Waals surface area contributed by atoms with E-state index < -0.39 is 0 Å². The first-order chi connectivity index (χ1) is 14.6. The number of morpholine rings is 1. The van der Waals surface area contributed by atoms with E-state index in [0.29, 0.717) is 18.1 Å². The van der Waals surface area contributed by atoms with Gasteiger partial charge in [-0.1, -0.05) is 0 Å². The molecule has 0 unspecified atom stereocenters. The molecule has 30 heavy (non-hydrogen) atoms. The Hall–Kier alpha value is -2.91. The summed E-state index contributed by atoms with van der Waals surface area (Å²) in [5.41, 5.74) is 3.76. The number of H-pyrrole nitrogens is 1. The third-order valence-corrected chi connectivity index (χ3v) is 5.91. The number of hydrogen-bond donors (Lipinski definition) is 1. The average molecular weight is 410 g/mol. The van der Waals surface area contributed by atoms with Crippen molar-refractivity contribution in [3.05, 3.63) is 51.3 Å². The van der Waals surface area contributed by atoms with E-state index in [9.17, 15) is 4.79 Å². The highest BCUT2D eigenvalue weighted by molar-refractivity contribution is 5.51. The minimum Gasteiger partial charge on any atom is -0.461 e. The maximum Gasteiger partial charge on any atom is 0.256 e. The Kier molecular flexibility index (Phi) is 4.92. The summed E-state index contributed by atoms with van der Waals surface area (Å²) in [6.07, 6.45) is 2.32. The van der Waals surface area contributed by atoms with Gasteiger partial charge in [0.05, 0.1) is 36.4 Å². The number of anilines is 1. The number of aryl methyl sites for hydroxylation is 2. The first-order valence-corrected chi connectivity index (χ1v) is 10.3. The molecule has 3 aromatic heterocycles. The van der Waals surface area contributed by atoms with E-state index in [1.807, 2.05) is 11.7 Å². The Morgan fingerprint density at radius 2 is 2.07 bits per heavy atom. The lowest BCUT2D eigenvalue weighted by atomic mass is 10.1. The number of fused-ring (bicyclic) bond motifs is 1. The third kappa shape index (κ3) is 3.44. The largest absolute Gasteiger partial charge is 0.461 e. The molecule has 5 heterocycles. The maximum atomic E-state index is 12.8. The van der Waals surface area contributed by atoms with Crippen molar-refractivity contribution in [2.45, 2.75) is 26.4 Å². The Morgan fingerprint density at radius 1 is 1.23 bits per heavy atom. The van der Waals surface area contributed by atoms with Crippen molar-refractivity contribution in [1.82, 2.24) is 24.6 Å². The van der Waals surface area contributed by atoms with Crippen molar-refractivity contribution >= 4 is 5.82 Å². The fourth-order valence-corrected chi connectivity index (χ4v) is 4.42. The molecule has 1 N–H and O–H groups in total. The van der Waals surface area contributed by atoms with E-state index in [1.165, 1.54) is 5.56 Å². The first kappa shape index (κ1) is 19.1. The zero-order valence-corrected chi connectivity index (χ0v) is 17.3. The van der Waals surface area contributed by atoms with Gasteiger partial charge in [-0.05, 0) is 19.1 Å². The zero-order valence-electron chi connectivity index (χ0n) is 17.3. The Balaban J connectivity index is 1.39. The lowest BCUT2D eigenvalue weighted by molar-refractivity contribution is 0.122. The van der Waals surface area contributed by atoms with Crippen molar-refractivity contribution in [2.24, 2.45) is 7.05 Å². The SMILES string of the molecule is Cc1nn(C)c(N2CCOCC2)c1CN1CCc2nc(-c3ccco3)[nH]c(=O)c2C1. The van der Waals surface area contributed by atoms with E-state index in [2.05, 4.69) is 31.8 Å². The second kappa shape index (κ2) is 7.73. The molecular weight excluding hydrogens is 384 g/mol. The molecule has 0 spiro atoms. The molecule has 5 rings (SSSR count). The first-order valence-electron chi connectivity index (χ1n) is 10.3. The number of nitrogens with zero attached hydrogens (tertiary/aromatic N) is 5. The quantitative estimate of drug-likeness (QED) is 0.696. The van der Waals surface area contributed by atoms with Crippen LogP contribution in [-0.4, -0.2) is 57.5 Å². The monoisotopic (exact) mass is 410 g/mol. The molecule has 2 aliphatic heterocycles. The predicted molar refractivity (Wildman–Crippen MR) is 111 cm³/mol. The van der Waals surface area contributed by atoms with Gasteiger partial charge in [-0.15, -0.1) is 0 Å². The van der Waals surface area contributed by atoms with E-state index in [4.69, 9.17) is 9.15 Å². The van der Waals surface area contributed by atoms with Crippen molar-refractivity contribution in [2.75, 3.05) is 37.7 Å². The van der Waals surface area contributed by atoms with Crippen LogP contribution < -0.4 is 10.5 Å². The molecule has 0 saturated carbocycles. The highest BCUT2D eigenvalue weighted by Gasteiger charge is 2.26. The molecular formula is C21H26N6O3. The molecule has 0 radical (unpaired) electrons. The Bertz CT molecular complexity index is 1090. The van der Waals surface area contributed by atoms with Gasteiger partial charge < -0.3 is 19.0 Å². The number of aromatic amines is 1. The van der Waals surface area contributed by atoms with Crippen LogP contribution in [0, 0.1) is 6.92 Å². The van der Waals surface area contributed by atoms with Crippen LogP contribution in [0.5, 0.6) is 0 Å². The van der Waals surface area contributed by atoms with E-state index in [0.717, 1.165) is 68.6 Å². The summed E-state index contributed by atoms with van der Waals surface area (Å²) >= 11 is 0. The maximum absolute atomic E-state index is 12.8. The molecule has 158 valence electrons. The molecule has 0 bridgehead atoms. The van der Waals surface area contributed by atoms with Crippen LogP contribution in [0.25, 0.3) is 11.6 Å². The van der Waals surface area contributed by atoms with Crippen LogP contribution in [0.1, 0.15) is 22.5 Å². The molecule has 0 atom stereocenters. The Morgan fingerprint density at radius 3 is 2.83 bits per heavy atom. The third-order valence-electron chi connectivity index (χ3n) is 5.91. The van der Waals surface area contributed by atoms with E-state index in [1.54, 1.807) is 18.4 Å². The summed E-state index contributed by atoms with van der Waals surface area (Å²) in [6, 6.07) is 3.59. The second-order valence-electron chi connectivity index (χ2n) is 7.89. The lowest BCUT2D eigenvalue weighted by Gasteiger charge is -2.32. The number of hydrogen-bond acceptors (Lipinski definition) is 7. The van der Waals surface area contributed by atoms with Crippen molar-refractivity contribution < 1.29 is 9.15 Å². The second-order valence-corrected chi connectivity index (χ2v) is 7.89. The van der Waals surface area contributed by atoms with Crippen molar-refractivity contribution in [1.29, 1.82) is 0 Å². The fourth-order valence-electron chi connectivity index (χ4n) is 4.42. The van der Waals surface area contributed by atoms with E-state index >= 15 is 0 Å². The normalized spacial score (nSPS) is 17.3. The fraction of sp³-hybridized carbons (Fsp3) is 0.476. The van der Waals surface area contributed by atoms with Gasteiger partial charge in [0.1, 0.15) is 5.82 Å². The van der Waals surface area contributed by atoms with Crippen LogP contribution in [-0.2, 0) is 31.3 Å². The molecule has 3 aromatic rings. The predicted octanol–water partition coefficient (Wildman–Crippen LogP) is 1.47. The van der Waals surface area contributed by atoms with Gasteiger partial charge in [-0.3, -0.25) is 14.4 Å². The van der Waals surface area contributed by atoms with Gasteiger partial charge in [-0.2, -0.15) is 5.10 Å². The molecule has 0 aromatic carbocycles. The zero-order chi connectivity index (χ0) is 20.7. The van der Waals surface area contributed by atoms with Crippen LogP contribution in [0.4, 0.5) is 5.82 Å². The molecule has 9 heteroatoms. The van der Waals surface area contributed by atoms with Crippen molar-refractivity contribution in [3.63, 3.8) is 0 Å². The standard InChI is InChI=1S/C21H26N6O3/c1-14-15(21(25(2)24-14)27-7-10-29-11-8-27)12-26-6-5-17-16(13-26)20(28)23-19(22-17)18-4-3-9-30-18/h3-4,9H,5-8,10-13H2,1-2H3,(H,22,23,28). The summed E-state index contributed by atoms with van der Waals surface area (Å²) < 4.78 is 12.9. The minimum absolute atomic E-state index is 0.0904. The summed E-state index contributed by atoms with van der Waals surface area (Å²) in [7, 11) is 2.00. The number of furan rings is 1. The van der Waals surface area contributed by atoms with Crippen molar-refractivity contribution in [3.8, 4) is 11.6 Å². The summed E-state index contributed by atoms with van der Waals surface area (Å²) in [6.45, 7) is 7.44. The summed E-state index contributed by atoms with van der Waals surface area (Å²) in [4.78, 5) is 24.9. The topological polar surface area (TPSA) is 92.4 Å². The average Bonchev–Trinajstić information content (AvgIpc) is 3.37. The molecule has 9 nitrogen and oxygen atoms in total. The molecule has 1 fully saturated rings. The van der Waals surface area contributed by atoms with Gasteiger partial charge in [-0.25, -0.2) is 4.98 Å². The van der Waals surface area contributed by atoms with Crippen LogP contribution in [0.15, 0.2) is 27.6 Å². The van der Waals surface area contributed by atoms with Gasteiger partial charge in [0.25, 0.3) is 5.56 Å². The smallest absolute Gasteiger partial charge is 0.256 e. The molecule has 2 aliphatic rings. The number of ether oxygens (including phenoxy) is 1. The van der Waals surface area contributed by atoms with Gasteiger partial charge in [0.2, 0.25) is 0 Å². The summed E-state index contributed by atoms with van der Waals surface area (Å²) in [5.74, 6) is 2.23. The molecule has 1 saturated heterocycles. The summed E-state index contributed by atoms with van der Waals surface area (Å²) in [5, 5.41) is 4.67. The number of rotatable bonds is 4. The number of nitrogens with one attached hydrogen (secondary N) is 1. The minimum atomic E-state index is -0.0904. The Labute approximate surface area is 174 Å². The van der Waals surface area contributed by atoms with Gasteiger partial charge in [0.15, 0.2) is 11.6 Å². The van der Waals surface area contributed by atoms with E-state index in [-0.39, 0.29) is 5.56 Å². The van der Waals surface area contributed by atoms with Crippen LogP contribution in [0.3, 0.4) is 0 Å². The highest BCUT2D eigenvalue weighted by Crippen LogP contribution is 2.27. The van der Waals surface area contributed by atoms with Crippen LogP contribution >= 0.6 is 0 Å². The van der Waals surface area contributed by atoms with Crippen LogP contribution in [0.2, 0.25) is 0 Å². The molecule has 0 amide bonds. The van der Waals surface area contributed by atoms with Gasteiger partial charge >= 0.3 is 0 Å². The molecule has 0 aliphatic carbocycles. The van der Waals surface area contributed by atoms with Gasteiger partial charge in [0, 0.05) is 51.8 Å².